The molecule has 0 spiro atoms. The lowest BCUT2D eigenvalue weighted by Gasteiger charge is -2.22. The van der Waals surface area contributed by atoms with Crippen molar-refractivity contribution in [3.05, 3.63) is 71.3 Å². The molecule has 0 heterocycles. The molecule has 2 heteroatoms. The van der Waals surface area contributed by atoms with Crippen molar-refractivity contribution < 1.29 is 5.11 Å². The molecule has 2 atom stereocenters. The number of hydrogen-bond donors (Lipinski definition) is 2. The topological polar surface area (TPSA) is 32.3 Å². The van der Waals surface area contributed by atoms with Gasteiger partial charge in [-0.05, 0) is 43.5 Å². The summed E-state index contributed by atoms with van der Waals surface area (Å²) in [6, 6.07) is 19.1. The van der Waals surface area contributed by atoms with Gasteiger partial charge in [-0.25, -0.2) is 0 Å². The molecule has 2 nitrogen and oxygen atoms in total. The number of aryl methyl sites for hydroxylation is 1. The van der Waals surface area contributed by atoms with Gasteiger partial charge in [0.25, 0.3) is 0 Å². The van der Waals surface area contributed by atoms with E-state index in [1.807, 2.05) is 13.0 Å². The Hall–Kier alpha value is -1.64. The maximum atomic E-state index is 9.42. The zero-order chi connectivity index (χ0) is 14.4. The summed E-state index contributed by atoms with van der Waals surface area (Å²) in [4.78, 5) is 0. The maximum Gasteiger partial charge on any atom is 0.0579 e. The first-order valence-corrected chi connectivity index (χ1v) is 7.20. The van der Waals surface area contributed by atoms with E-state index < -0.39 is 0 Å². The van der Waals surface area contributed by atoms with Crippen molar-refractivity contribution in [2.24, 2.45) is 0 Å². The van der Waals surface area contributed by atoms with Gasteiger partial charge in [0.15, 0.2) is 0 Å². The SMILES string of the molecule is Cc1ccccc1C(NCCC(C)O)c1ccccc1. The van der Waals surface area contributed by atoms with Crippen molar-refractivity contribution in [1.29, 1.82) is 0 Å². The van der Waals surface area contributed by atoms with E-state index in [1.54, 1.807) is 0 Å². The standard InChI is InChI=1S/C18H23NO/c1-14-8-6-7-11-17(14)18(19-13-12-15(2)20)16-9-4-3-5-10-16/h3-11,15,18-20H,12-13H2,1-2H3. The lowest BCUT2D eigenvalue weighted by Crippen LogP contribution is -2.26. The predicted octanol–water partition coefficient (Wildman–Crippen LogP) is 3.44. The zero-order valence-electron chi connectivity index (χ0n) is 12.2. The van der Waals surface area contributed by atoms with Gasteiger partial charge < -0.3 is 10.4 Å². The summed E-state index contributed by atoms with van der Waals surface area (Å²) in [5.74, 6) is 0. The van der Waals surface area contributed by atoms with Crippen LogP contribution in [0.25, 0.3) is 0 Å². The molecular formula is C18H23NO. The van der Waals surface area contributed by atoms with Crippen molar-refractivity contribution >= 4 is 0 Å². The second-order valence-corrected chi connectivity index (χ2v) is 5.29. The number of rotatable bonds is 6. The molecular weight excluding hydrogens is 246 g/mol. The average Bonchev–Trinajstić information content (AvgIpc) is 2.45. The Morgan fingerprint density at radius 2 is 1.65 bits per heavy atom. The smallest absolute Gasteiger partial charge is 0.0579 e. The average molecular weight is 269 g/mol. The van der Waals surface area contributed by atoms with Crippen LogP contribution in [0.5, 0.6) is 0 Å². The number of hydrogen-bond acceptors (Lipinski definition) is 2. The van der Waals surface area contributed by atoms with Crippen LogP contribution in [0.2, 0.25) is 0 Å². The molecule has 0 radical (unpaired) electrons. The fourth-order valence-corrected chi connectivity index (χ4v) is 2.40. The molecule has 0 aliphatic carbocycles. The number of aliphatic hydroxyl groups is 1. The molecule has 106 valence electrons. The second-order valence-electron chi connectivity index (χ2n) is 5.29. The monoisotopic (exact) mass is 269 g/mol. The van der Waals surface area contributed by atoms with Crippen LogP contribution in [0, 0.1) is 6.92 Å². The lowest BCUT2D eigenvalue weighted by molar-refractivity contribution is 0.183. The van der Waals surface area contributed by atoms with Crippen LogP contribution in [0.1, 0.15) is 36.1 Å². The minimum Gasteiger partial charge on any atom is -0.393 e. The quantitative estimate of drug-likeness (QED) is 0.842. The molecule has 0 aromatic heterocycles. The first-order valence-electron chi connectivity index (χ1n) is 7.20. The van der Waals surface area contributed by atoms with Crippen LogP contribution in [-0.4, -0.2) is 17.8 Å². The fourth-order valence-electron chi connectivity index (χ4n) is 2.40. The van der Waals surface area contributed by atoms with Crippen molar-refractivity contribution in [1.82, 2.24) is 5.32 Å². The van der Waals surface area contributed by atoms with Crippen molar-refractivity contribution in [2.45, 2.75) is 32.4 Å². The van der Waals surface area contributed by atoms with Gasteiger partial charge in [0.05, 0.1) is 12.1 Å². The molecule has 20 heavy (non-hydrogen) atoms. The van der Waals surface area contributed by atoms with E-state index in [4.69, 9.17) is 0 Å². The van der Waals surface area contributed by atoms with Gasteiger partial charge in [-0.15, -0.1) is 0 Å². The third-order valence-corrected chi connectivity index (χ3v) is 3.54. The highest BCUT2D eigenvalue weighted by Gasteiger charge is 2.15. The number of benzene rings is 2. The van der Waals surface area contributed by atoms with Crippen LogP contribution in [-0.2, 0) is 0 Å². The largest absolute Gasteiger partial charge is 0.393 e. The van der Waals surface area contributed by atoms with Gasteiger partial charge in [-0.2, -0.15) is 0 Å². The summed E-state index contributed by atoms with van der Waals surface area (Å²) >= 11 is 0. The zero-order valence-corrected chi connectivity index (χ0v) is 12.2. The number of nitrogens with one attached hydrogen (secondary N) is 1. The molecule has 2 aromatic carbocycles. The maximum absolute atomic E-state index is 9.42. The molecule has 2 rings (SSSR count). The molecule has 0 aliphatic heterocycles. The Morgan fingerprint density at radius 3 is 2.30 bits per heavy atom. The molecule has 2 aromatic rings. The van der Waals surface area contributed by atoms with Gasteiger partial charge in [-0.3, -0.25) is 0 Å². The summed E-state index contributed by atoms with van der Waals surface area (Å²) in [5.41, 5.74) is 3.84. The molecule has 0 saturated heterocycles. The van der Waals surface area contributed by atoms with E-state index >= 15 is 0 Å². The molecule has 0 aliphatic rings. The van der Waals surface area contributed by atoms with E-state index in [1.165, 1.54) is 16.7 Å². The number of aliphatic hydroxyl groups excluding tert-OH is 1. The minimum absolute atomic E-state index is 0.177. The van der Waals surface area contributed by atoms with Crippen LogP contribution < -0.4 is 5.32 Å². The first-order chi connectivity index (χ1) is 9.68. The van der Waals surface area contributed by atoms with E-state index in [0.29, 0.717) is 0 Å². The first kappa shape index (κ1) is 14.8. The Kier molecular flexibility index (Phi) is 5.33. The van der Waals surface area contributed by atoms with Gasteiger partial charge in [0.2, 0.25) is 0 Å². The Balaban J connectivity index is 2.23. The van der Waals surface area contributed by atoms with Crippen molar-refractivity contribution in [2.75, 3.05) is 6.54 Å². The Morgan fingerprint density at radius 1 is 1.00 bits per heavy atom. The summed E-state index contributed by atoms with van der Waals surface area (Å²) in [6.45, 7) is 4.76. The van der Waals surface area contributed by atoms with Gasteiger partial charge in [0.1, 0.15) is 0 Å². The Labute approximate surface area is 121 Å². The second kappa shape index (κ2) is 7.22. The molecule has 0 bridgehead atoms. The van der Waals surface area contributed by atoms with Gasteiger partial charge >= 0.3 is 0 Å². The highest BCUT2D eigenvalue weighted by atomic mass is 16.3. The molecule has 2 N–H and O–H groups in total. The van der Waals surface area contributed by atoms with E-state index in [0.717, 1.165) is 13.0 Å². The third-order valence-electron chi connectivity index (χ3n) is 3.54. The van der Waals surface area contributed by atoms with Crippen molar-refractivity contribution in [3.63, 3.8) is 0 Å². The lowest BCUT2D eigenvalue weighted by atomic mass is 9.95. The van der Waals surface area contributed by atoms with Crippen LogP contribution >= 0.6 is 0 Å². The molecule has 0 amide bonds. The summed E-state index contributed by atoms with van der Waals surface area (Å²) < 4.78 is 0. The van der Waals surface area contributed by atoms with Crippen LogP contribution in [0.3, 0.4) is 0 Å². The summed E-state index contributed by atoms with van der Waals surface area (Å²) in [5, 5.41) is 13.0. The third kappa shape index (κ3) is 3.92. The van der Waals surface area contributed by atoms with Crippen LogP contribution in [0.15, 0.2) is 54.6 Å². The van der Waals surface area contributed by atoms with E-state index in [9.17, 15) is 5.11 Å². The Bertz CT molecular complexity index is 522. The molecule has 0 saturated carbocycles. The fraction of sp³-hybridized carbons (Fsp3) is 0.333. The van der Waals surface area contributed by atoms with E-state index in [2.05, 4.69) is 60.8 Å². The highest BCUT2D eigenvalue weighted by Crippen LogP contribution is 2.24. The summed E-state index contributed by atoms with van der Waals surface area (Å²) in [7, 11) is 0. The minimum atomic E-state index is -0.268. The van der Waals surface area contributed by atoms with Gasteiger partial charge in [-0.1, -0.05) is 54.6 Å². The molecule has 2 unspecified atom stereocenters. The van der Waals surface area contributed by atoms with E-state index in [-0.39, 0.29) is 12.1 Å². The van der Waals surface area contributed by atoms with Crippen LogP contribution in [0.4, 0.5) is 0 Å². The molecule has 0 fully saturated rings. The van der Waals surface area contributed by atoms with Gasteiger partial charge in [0, 0.05) is 0 Å². The van der Waals surface area contributed by atoms with Crippen molar-refractivity contribution in [3.8, 4) is 0 Å². The normalized spacial score (nSPS) is 13.9. The summed E-state index contributed by atoms with van der Waals surface area (Å²) in [6.07, 6.45) is 0.491. The predicted molar refractivity (Wildman–Crippen MR) is 83.8 cm³/mol. The highest BCUT2D eigenvalue weighted by molar-refractivity contribution is 5.36.